The molecule has 0 saturated carbocycles. The summed E-state index contributed by atoms with van der Waals surface area (Å²) in [5, 5.41) is 6.34. The molecular formula is C19H25N3OS. The van der Waals surface area contributed by atoms with Crippen molar-refractivity contribution in [3.63, 3.8) is 0 Å². The van der Waals surface area contributed by atoms with Gasteiger partial charge in [0.15, 0.2) is 0 Å². The number of likely N-dealkylation sites (tertiary alicyclic amines) is 1. The molecule has 2 heterocycles. The smallest absolute Gasteiger partial charge is 0.239 e. The predicted molar refractivity (Wildman–Crippen MR) is 98.4 cm³/mol. The standard InChI is InChI=1S/C19H25N3OS/c1-14(20-3)18(23)22-11-9-19(10-12-22,16-7-5-4-6-8-16)17-13-24-15(2)21-17/h4-8,13-14,20H,9-12H2,1-3H3/t14-/m0/s1. The fraction of sp³-hybridized carbons (Fsp3) is 0.474. The first-order chi connectivity index (χ1) is 11.6. The van der Waals surface area contributed by atoms with Gasteiger partial charge in [-0.15, -0.1) is 11.3 Å². The average Bonchev–Trinajstić information content (AvgIpc) is 3.08. The lowest BCUT2D eigenvalue weighted by Gasteiger charge is -2.42. The van der Waals surface area contributed by atoms with Gasteiger partial charge in [0.2, 0.25) is 5.91 Å². The number of rotatable bonds is 4. The van der Waals surface area contributed by atoms with E-state index < -0.39 is 0 Å². The fourth-order valence-electron chi connectivity index (χ4n) is 3.54. The van der Waals surface area contributed by atoms with E-state index in [4.69, 9.17) is 4.98 Å². The van der Waals surface area contributed by atoms with E-state index in [1.54, 1.807) is 11.3 Å². The number of nitrogens with one attached hydrogen (secondary N) is 1. The van der Waals surface area contributed by atoms with Crippen molar-refractivity contribution in [2.45, 2.75) is 38.1 Å². The molecule has 1 fully saturated rings. The number of likely N-dealkylation sites (N-methyl/N-ethyl adjacent to an activating group) is 1. The molecule has 1 atom stereocenters. The van der Waals surface area contributed by atoms with Gasteiger partial charge in [0, 0.05) is 23.9 Å². The summed E-state index contributed by atoms with van der Waals surface area (Å²) in [5.41, 5.74) is 2.39. The number of hydrogen-bond acceptors (Lipinski definition) is 4. The van der Waals surface area contributed by atoms with Crippen molar-refractivity contribution < 1.29 is 4.79 Å². The average molecular weight is 343 g/mol. The van der Waals surface area contributed by atoms with Crippen LogP contribution in [-0.2, 0) is 10.2 Å². The number of thiazole rings is 1. The summed E-state index contributed by atoms with van der Waals surface area (Å²) in [7, 11) is 1.83. The van der Waals surface area contributed by atoms with Crippen LogP contribution in [0.2, 0.25) is 0 Å². The largest absolute Gasteiger partial charge is 0.341 e. The molecular weight excluding hydrogens is 318 g/mol. The van der Waals surface area contributed by atoms with Crippen LogP contribution in [0, 0.1) is 6.92 Å². The number of aryl methyl sites for hydroxylation is 1. The van der Waals surface area contributed by atoms with E-state index in [1.807, 2.05) is 18.9 Å². The molecule has 0 unspecified atom stereocenters. The zero-order chi connectivity index (χ0) is 17.2. The van der Waals surface area contributed by atoms with E-state index in [0.29, 0.717) is 0 Å². The summed E-state index contributed by atoms with van der Waals surface area (Å²) in [6.45, 7) is 5.53. The van der Waals surface area contributed by atoms with Gasteiger partial charge in [-0.3, -0.25) is 4.79 Å². The molecule has 128 valence electrons. The molecule has 1 aromatic heterocycles. The highest BCUT2D eigenvalue weighted by Crippen LogP contribution is 2.42. The fourth-order valence-corrected chi connectivity index (χ4v) is 4.25. The Morgan fingerprint density at radius 1 is 1.29 bits per heavy atom. The Morgan fingerprint density at radius 2 is 1.96 bits per heavy atom. The molecule has 1 amide bonds. The molecule has 0 radical (unpaired) electrons. The molecule has 1 aliphatic heterocycles. The minimum absolute atomic E-state index is 0.0777. The number of aromatic nitrogens is 1. The zero-order valence-electron chi connectivity index (χ0n) is 14.6. The second-order valence-corrected chi connectivity index (χ2v) is 7.60. The van der Waals surface area contributed by atoms with Gasteiger partial charge in [-0.1, -0.05) is 30.3 Å². The predicted octanol–water partition coefficient (Wildman–Crippen LogP) is 2.97. The summed E-state index contributed by atoms with van der Waals surface area (Å²) in [6.07, 6.45) is 1.84. The van der Waals surface area contributed by atoms with E-state index >= 15 is 0 Å². The summed E-state index contributed by atoms with van der Waals surface area (Å²) in [5.74, 6) is 0.189. The van der Waals surface area contributed by atoms with Crippen LogP contribution in [0.5, 0.6) is 0 Å². The number of carbonyl (C=O) groups is 1. The van der Waals surface area contributed by atoms with Crippen LogP contribution in [0.3, 0.4) is 0 Å². The first-order valence-corrected chi connectivity index (χ1v) is 9.39. The molecule has 1 aromatic carbocycles. The Labute approximate surface area is 147 Å². The van der Waals surface area contributed by atoms with Crippen molar-refractivity contribution >= 4 is 17.2 Å². The van der Waals surface area contributed by atoms with E-state index in [0.717, 1.165) is 36.6 Å². The molecule has 0 aliphatic carbocycles. The van der Waals surface area contributed by atoms with Crippen LogP contribution in [-0.4, -0.2) is 42.0 Å². The van der Waals surface area contributed by atoms with Gasteiger partial charge < -0.3 is 10.2 Å². The molecule has 4 nitrogen and oxygen atoms in total. The van der Waals surface area contributed by atoms with Gasteiger partial charge in [-0.05, 0) is 39.3 Å². The first kappa shape index (κ1) is 17.1. The summed E-state index contributed by atoms with van der Waals surface area (Å²) in [6, 6.07) is 10.5. The number of nitrogens with zero attached hydrogens (tertiary/aromatic N) is 2. The molecule has 0 bridgehead atoms. The first-order valence-electron chi connectivity index (χ1n) is 8.51. The van der Waals surface area contributed by atoms with Crippen molar-refractivity contribution in [1.29, 1.82) is 0 Å². The van der Waals surface area contributed by atoms with Crippen molar-refractivity contribution in [2.24, 2.45) is 0 Å². The molecule has 1 aliphatic rings. The molecule has 2 aromatic rings. The maximum absolute atomic E-state index is 12.5. The number of piperidine rings is 1. The quantitative estimate of drug-likeness (QED) is 0.928. The third kappa shape index (κ3) is 3.10. The Kier molecular flexibility index (Phi) is 5.01. The minimum Gasteiger partial charge on any atom is -0.341 e. The molecule has 5 heteroatoms. The summed E-state index contributed by atoms with van der Waals surface area (Å²) in [4.78, 5) is 19.3. The Morgan fingerprint density at radius 3 is 2.50 bits per heavy atom. The van der Waals surface area contributed by atoms with Crippen LogP contribution in [0.25, 0.3) is 0 Å². The third-order valence-corrected chi connectivity index (χ3v) is 5.94. The van der Waals surface area contributed by atoms with Crippen molar-refractivity contribution in [2.75, 3.05) is 20.1 Å². The minimum atomic E-state index is -0.129. The van der Waals surface area contributed by atoms with E-state index in [2.05, 4.69) is 48.0 Å². The Balaban J connectivity index is 1.89. The monoisotopic (exact) mass is 343 g/mol. The zero-order valence-corrected chi connectivity index (χ0v) is 15.4. The lowest BCUT2D eigenvalue weighted by molar-refractivity contribution is -0.134. The van der Waals surface area contributed by atoms with E-state index in [-0.39, 0.29) is 17.4 Å². The SMILES string of the molecule is CN[C@@H](C)C(=O)N1CCC(c2ccccc2)(c2csc(C)n2)CC1. The lowest BCUT2D eigenvalue weighted by Crippen LogP contribution is -2.50. The second kappa shape index (κ2) is 7.03. The maximum atomic E-state index is 12.5. The molecule has 24 heavy (non-hydrogen) atoms. The van der Waals surface area contributed by atoms with Gasteiger partial charge in [0.25, 0.3) is 0 Å². The molecule has 3 rings (SSSR count). The Bertz CT molecular complexity index is 690. The third-order valence-electron chi connectivity index (χ3n) is 5.17. The van der Waals surface area contributed by atoms with Crippen molar-refractivity contribution in [1.82, 2.24) is 15.2 Å². The topological polar surface area (TPSA) is 45.2 Å². The van der Waals surface area contributed by atoms with Crippen LogP contribution < -0.4 is 5.32 Å². The van der Waals surface area contributed by atoms with Gasteiger partial charge in [-0.25, -0.2) is 4.98 Å². The van der Waals surface area contributed by atoms with Gasteiger partial charge in [-0.2, -0.15) is 0 Å². The van der Waals surface area contributed by atoms with Crippen LogP contribution >= 0.6 is 11.3 Å². The number of hydrogen-bond donors (Lipinski definition) is 1. The Hall–Kier alpha value is -1.72. The number of carbonyl (C=O) groups excluding carboxylic acids is 1. The van der Waals surface area contributed by atoms with Crippen LogP contribution in [0.4, 0.5) is 0 Å². The van der Waals surface area contributed by atoms with Crippen LogP contribution in [0.15, 0.2) is 35.7 Å². The molecule has 1 N–H and O–H groups in total. The van der Waals surface area contributed by atoms with Crippen LogP contribution in [0.1, 0.15) is 36.0 Å². The summed E-state index contributed by atoms with van der Waals surface area (Å²) >= 11 is 1.71. The van der Waals surface area contributed by atoms with Gasteiger partial charge in [0.05, 0.1) is 16.7 Å². The highest BCUT2D eigenvalue weighted by atomic mass is 32.1. The molecule has 0 spiro atoms. The highest BCUT2D eigenvalue weighted by Gasteiger charge is 2.41. The van der Waals surface area contributed by atoms with Gasteiger partial charge >= 0.3 is 0 Å². The van der Waals surface area contributed by atoms with E-state index in [1.165, 1.54) is 5.56 Å². The maximum Gasteiger partial charge on any atom is 0.239 e. The second-order valence-electron chi connectivity index (χ2n) is 6.54. The van der Waals surface area contributed by atoms with E-state index in [9.17, 15) is 4.79 Å². The number of amides is 1. The number of benzene rings is 1. The van der Waals surface area contributed by atoms with Crippen molar-refractivity contribution in [3.05, 3.63) is 52.0 Å². The van der Waals surface area contributed by atoms with Crippen molar-refractivity contribution in [3.8, 4) is 0 Å². The van der Waals surface area contributed by atoms with Gasteiger partial charge in [0.1, 0.15) is 0 Å². The lowest BCUT2D eigenvalue weighted by atomic mass is 9.70. The molecule has 1 saturated heterocycles. The summed E-state index contributed by atoms with van der Waals surface area (Å²) < 4.78 is 0. The normalized spacial score (nSPS) is 18.4. The highest BCUT2D eigenvalue weighted by molar-refractivity contribution is 7.09.